The molecule has 0 atom stereocenters. The van der Waals surface area contributed by atoms with E-state index in [2.05, 4.69) is 4.98 Å². The minimum atomic E-state index is -4.60. The van der Waals surface area contributed by atoms with Crippen LogP contribution in [0.3, 0.4) is 0 Å². The van der Waals surface area contributed by atoms with Crippen LogP contribution in [0.2, 0.25) is 0 Å². The van der Waals surface area contributed by atoms with E-state index >= 15 is 0 Å². The van der Waals surface area contributed by atoms with Gasteiger partial charge in [0.15, 0.2) is 5.75 Å². The summed E-state index contributed by atoms with van der Waals surface area (Å²) in [5.74, 6) is -0.764. The highest BCUT2D eigenvalue weighted by Crippen LogP contribution is 2.41. The maximum atomic E-state index is 13.2. The molecule has 0 unspecified atom stereocenters. The predicted octanol–water partition coefficient (Wildman–Crippen LogP) is 4.24. The lowest BCUT2D eigenvalue weighted by Crippen LogP contribution is -2.10. The quantitative estimate of drug-likeness (QED) is 0.728. The highest BCUT2D eigenvalue weighted by atomic mass is 19.4. The van der Waals surface area contributed by atoms with E-state index in [-0.39, 0.29) is 22.2 Å². The summed E-state index contributed by atoms with van der Waals surface area (Å²) in [4.78, 5) is 14.5. The number of rotatable bonds is 2. The highest BCUT2D eigenvalue weighted by molar-refractivity contribution is 6.01. The molecule has 0 bridgehead atoms. The lowest BCUT2D eigenvalue weighted by atomic mass is 9.95. The Morgan fingerprint density at radius 2 is 1.84 bits per heavy atom. The molecule has 0 amide bonds. The molecular formula is C18H14F3NO3. The van der Waals surface area contributed by atoms with Gasteiger partial charge in [-0.1, -0.05) is 24.3 Å². The topological polar surface area (TPSA) is 62.3 Å². The minimum Gasteiger partial charge on any atom is -0.503 e. The maximum absolute atomic E-state index is 13.2. The van der Waals surface area contributed by atoms with Gasteiger partial charge in [-0.25, -0.2) is 0 Å². The zero-order valence-corrected chi connectivity index (χ0v) is 13.4. The van der Waals surface area contributed by atoms with E-state index in [9.17, 15) is 23.1 Å². The lowest BCUT2D eigenvalue weighted by molar-refractivity contribution is -0.137. The first-order valence-corrected chi connectivity index (χ1v) is 7.34. The summed E-state index contributed by atoms with van der Waals surface area (Å²) in [7, 11) is 1.22. The van der Waals surface area contributed by atoms with E-state index in [1.807, 2.05) is 0 Å². The van der Waals surface area contributed by atoms with E-state index < -0.39 is 23.0 Å². The molecule has 0 aliphatic heterocycles. The molecule has 0 saturated carbocycles. The summed E-state index contributed by atoms with van der Waals surface area (Å²) in [6.45, 7) is 1.74. The third kappa shape index (κ3) is 2.82. The molecule has 0 radical (unpaired) electrons. The molecular weight excluding hydrogens is 335 g/mol. The zero-order chi connectivity index (χ0) is 18.4. The first-order chi connectivity index (χ1) is 11.7. The molecule has 1 aromatic heterocycles. The molecule has 0 aliphatic rings. The fourth-order valence-electron chi connectivity index (χ4n) is 2.81. The zero-order valence-electron chi connectivity index (χ0n) is 13.4. The number of hydrogen-bond donors (Lipinski definition) is 2. The van der Waals surface area contributed by atoms with Gasteiger partial charge < -0.3 is 14.8 Å². The Morgan fingerprint density at radius 3 is 2.44 bits per heavy atom. The fourth-order valence-corrected chi connectivity index (χ4v) is 2.81. The van der Waals surface area contributed by atoms with Crippen molar-refractivity contribution in [2.75, 3.05) is 7.11 Å². The maximum Gasteiger partial charge on any atom is 0.416 e. The van der Waals surface area contributed by atoms with Gasteiger partial charge >= 0.3 is 6.18 Å². The fraction of sp³-hybridized carbons (Fsp3) is 0.167. The molecule has 25 heavy (non-hydrogen) atoms. The van der Waals surface area contributed by atoms with E-state index in [1.54, 1.807) is 31.2 Å². The summed E-state index contributed by atoms with van der Waals surface area (Å²) < 4.78 is 44.7. The molecule has 0 fully saturated rings. The van der Waals surface area contributed by atoms with Crippen LogP contribution in [0, 0.1) is 6.92 Å². The van der Waals surface area contributed by atoms with Crippen LogP contribution in [0.25, 0.3) is 22.0 Å². The van der Waals surface area contributed by atoms with Gasteiger partial charge in [-0.3, -0.25) is 4.79 Å². The monoisotopic (exact) mass is 349 g/mol. The van der Waals surface area contributed by atoms with Crippen LogP contribution in [-0.2, 0) is 6.18 Å². The van der Waals surface area contributed by atoms with Gasteiger partial charge in [0, 0.05) is 10.9 Å². The summed E-state index contributed by atoms with van der Waals surface area (Å²) in [5, 5.41) is 10.3. The van der Waals surface area contributed by atoms with Crippen LogP contribution in [-0.4, -0.2) is 17.2 Å². The van der Waals surface area contributed by atoms with Crippen molar-refractivity contribution in [3.05, 3.63) is 57.9 Å². The molecule has 3 rings (SSSR count). The minimum absolute atomic E-state index is 0.0428. The van der Waals surface area contributed by atoms with Crippen LogP contribution < -0.4 is 10.3 Å². The summed E-state index contributed by atoms with van der Waals surface area (Å²) in [6.07, 6.45) is -4.60. The van der Waals surface area contributed by atoms with Gasteiger partial charge in [-0.15, -0.1) is 0 Å². The number of H-pyrrole nitrogens is 1. The standard InChI is InChI=1S/C18H14F3NO3/c1-9-5-3-4-6-11(9)14-12-7-10(18(19,20)21)8-13(25-2)15(12)22-17(24)16(14)23/h3-8,23H,1-2H3,(H,22,24). The second-order valence-corrected chi connectivity index (χ2v) is 5.59. The van der Waals surface area contributed by atoms with E-state index in [0.717, 1.165) is 12.1 Å². The molecule has 4 nitrogen and oxygen atoms in total. The molecule has 0 saturated heterocycles. The number of aromatic nitrogens is 1. The van der Waals surface area contributed by atoms with Crippen LogP contribution in [0.4, 0.5) is 13.2 Å². The Hall–Kier alpha value is -2.96. The summed E-state index contributed by atoms with van der Waals surface area (Å²) in [6, 6.07) is 8.53. The van der Waals surface area contributed by atoms with Crippen molar-refractivity contribution in [1.29, 1.82) is 0 Å². The molecule has 0 aliphatic carbocycles. The molecule has 2 N–H and O–H groups in total. The smallest absolute Gasteiger partial charge is 0.416 e. The second-order valence-electron chi connectivity index (χ2n) is 5.59. The number of aromatic hydroxyl groups is 1. The third-order valence-corrected chi connectivity index (χ3v) is 4.02. The largest absolute Gasteiger partial charge is 0.503 e. The number of benzene rings is 2. The van der Waals surface area contributed by atoms with Crippen molar-refractivity contribution in [1.82, 2.24) is 4.98 Å². The number of halogens is 3. The van der Waals surface area contributed by atoms with Gasteiger partial charge in [0.2, 0.25) is 0 Å². The van der Waals surface area contributed by atoms with Crippen molar-refractivity contribution in [2.24, 2.45) is 0 Å². The van der Waals surface area contributed by atoms with Gasteiger partial charge in [0.05, 0.1) is 18.2 Å². The number of fused-ring (bicyclic) bond motifs is 1. The molecule has 130 valence electrons. The first kappa shape index (κ1) is 16.9. The summed E-state index contributed by atoms with van der Waals surface area (Å²) in [5.41, 5.74) is -0.418. The Kier molecular flexibility index (Phi) is 3.94. The number of nitrogens with one attached hydrogen (secondary N) is 1. The Labute approximate surface area is 140 Å². The average Bonchev–Trinajstić information content (AvgIpc) is 2.55. The number of aromatic amines is 1. The van der Waals surface area contributed by atoms with Crippen LogP contribution >= 0.6 is 0 Å². The molecule has 3 aromatic rings. The van der Waals surface area contributed by atoms with Gasteiger partial charge in [0.1, 0.15) is 5.75 Å². The Morgan fingerprint density at radius 1 is 1.16 bits per heavy atom. The van der Waals surface area contributed by atoms with E-state index in [4.69, 9.17) is 4.74 Å². The number of hydrogen-bond acceptors (Lipinski definition) is 3. The molecule has 1 heterocycles. The van der Waals surface area contributed by atoms with Crippen LogP contribution in [0.1, 0.15) is 11.1 Å². The number of aryl methyl sites for hydroxylation is 1. The summed E-state index contributed by atoms with van der Waals surface area (Å²) >= 11 is 0. The molecule has 2 aromatic carbocycles. The van der Waals surface area contributed by atoms with Crippen molar-refractivity contribution in [2.45, 2.75) is 13.1 Å². The number of methoxy groups -OCH3 is 1. The van der Waals surface area contributed by atoms with Gasteiger partial charge in [-0.05, 0) is 30.2 Å². The number of alkyl halides is 3. The Bertz CT molecular complexity index is 1020. The van der Waals surface area contributed by atoms with Crippen LogP contribution in [0.5, 0.6) is 11.5 Å². The van der Waals surface area contributed by atoms with Gasteiger partial charge in [0.25, 0.3) is 5.56 Å². The van der Waals surface area contributed by atoms with Crippen molar-refractivity contribution in [3.8, 4) is 22.6 Å². The number of pyridine rings is 1. The van der Waals surface area contributed by atoms with E-state index in [0.29, 0.717) is 11.1 Å². The predicted molar refractivity (Wildman–Crippen MR) is 88.0 cm³/mol. The van der Waals surface area contributed by atoms with Crippen molar-refractivity contribution >= 4 is 10.9 Å². The van der Waals surface area contributed by atoms with Crippen LogP contribution in [0.15, 0.2) is 41.2 Å². The van der Waals surface area contributed by atoms with E-state index in [1.165, 1.54) is 7.11 Å². The van der Waals surface area contributed by atoms with Crippen molar-refractivity contribution in [3.63, 3.8) is 0 Å². The highest BCUT2D eigenvalue weighted by Gasteiger charge is 2.32. The lowest BCUT2D eigenvalue weighted by Gasteiger charge is -2.16. The number of ether oxygens (including phenoxy) is 1. The van der Waals surface area contributed by atoms with Gasteiger partial charge in [-0.2, -0.15) is 13.2 Å². The average molecular weight is 349 g/mol. The second kappa shape index (κ2) is 5.84. The molecule has 0 spiro atoms. The Balaban J connectivity index is 2.53. The first-order valence-electron chi connectivity index (χ1n) is 7.34. The normalized spacial score (nSPS) is 11.7. The molecule has 7 heteroatoms. The third-order valence-electron chi connectivity index (χ3n) is 4.02. The SMILES string of the molecule is COc1cc(C(F)(F)F)cc2c(-c3ccccc3C)c(O)c(=O)[nH]c12. The van der Waals surface area contributed by atoms with Crippen molar-refractivity contribution < 1.29 is 23.0 Å².